The van der Waals surface area contributed by atoms with Gasteiger partial charge in [0, 0.05) is 19.2 Å². The molecule has 19 heavy (non-hydrogen) atoms. The Labute approximate surface area is 106 Å². The van der Waals surface area contributed by atoms with Crippen molar-refractivity contribution >= 4 is 10.0 Å². The van der Waals surface area contributed by atoms with E-state index < -0.39 is 26.2 Å². The molecule has 0 aliphatic rings. The fourth-order valence-electron chi connectivity index (χ4n) is 1.33. The van der Waals surface area contributed by atoms with Crippen LogP contribution in [0.1, 0.15) is 5.82 Å². The maximum Gasteiger partial charge on any atom is 0.325 e. The largest absolute Gasteiger partial charge is 0.325 e. The summed E-state index contributed by atoms with van der Waals surface area (Å²) in [5, 5.41) is 6.18. The van der Waals surface area contributed by atoms with Gasteiger partial charge in [0.25, 0.3) is 5.56 Å². The summed E-state index contributed by atoms with van der Waals surface area (Å²) in [4.78, 5) is 29.3. The van der Waals surface area contributed by atoms with E-state index in [2.05, 4.69) is 24.9 Å². The van der Waals surface area contributed by atoms with E-state index in [1.807, 2.05) is 4.98 Å². The Morgan fingerprint density at radius 2 is 2.11 bits per heavy atom. The molecule has 0 saturated carbocycles. The lowest BCUT2D eigenvalue weighted by Gasteiger charge is -2.04. The normalized spacial score (nSPS) is 11.6. The van der Waals surface area contributed by atoms with Gasteiger partial charge in [-0.15, -0.1) is 0 Å². The first-order valence-corrected chi connectivity index (χ1v) is 6.63. The van der Waals surface area contributed by atoms with E-state index in [-0.39, 0.29) is 6.54 Å². The minimum Gasteiger partial charge on any atom is -0.313 e. The highest BCUT2D eigenvalue weighted by atomic mass is 32.2. The molecule has 2 aromatic rings. The molecule has 0 aliphatic carbocycles. The number of aromatic amines is 3. The van der Waals surface area contributed by atoms with Crippen LogP contribution in [0.5, 0.6) is 0 Å². The summed E-state index contributed by atoms with van der Waals surface area (Å²) in [6.45, 7) is 0.0378. The van der Waals surface area contributed by atoms with Crippen LogP contribution < -0.4 is 16.0 Å². The lowest BCUT2D eigenvalue weighted by Crippen LogP contribution is -2.34. The number of rotatable bonds is 5. The predicted molar refractivity (Wildman–Crippen MR) is 63.0 cm³/mol. The molecule has 2 heterocycles. The standard InChI is InChI=1S/C8H10N6O4S/c15-7-5(3-9-8(16)13-7)19(17,18)12-2-1-6-10-4-11-14-6/h3-4,12H,1-2H2,(H,10,11,14)(H2,9,13,15,16). The third kappa shape index (κ3) is 3.14. The number of H-pyrrole nitrogens is 3. The van der Waals surface area contributed by atoms with E-state index in [0.717, 1.165) is 6.20 Å². The van der Waals surface area contributed by atoms with E-state index in [0.29, 0.717) is 12.2 Å². The van der Waals surface area contributed by atoms with Crippen molar-refractivity contribution in [2.75, 3.05) is 6.54 Å². The van der Waals surface area contributed by atoms with E-state index in [1.54, 1.807) is 0 Å². The molecule has 0 unspecified atom stereocenters. The quantitative estimate of drug-likeness (QED) is 0.485. The Hall–Kier alpha value is -2.27. The number of hydrogen-bond donors (Lipinski definition) is 4. The molecule has 0 aromatic carbocycles. The Balaban J connectivity index is 2.10. The topological polar surface area (TPSA) is 153 Å². The van der Waals surface area contributed by atoms with Crippen molar-refractivity contribution in [1.29, 1.82) is 0 Å². The SMILES string of the molecule is O=c1[nH]cc(S(=O)(=O)NCCc2ncn[nH]2)c(=O)[nH]1. The third-order valence-electron chi connectivity index (χ3n) is 2.19. The van der Waals surface area contributed by atoms with Gasteiger partial charge in [0.2, 0.25) is 10.0 Å². The lowest BCUT2D eigenvalue weighted by atomic mass is 10.4. The van der Waals surface area contributed by atoms with Crippen molar-refractivity contribution in [3.05, 3.63) is 39.2 Å². The van der Waals surface area contributed by atoms with Gasteiger partial charge in [-0.1, -0.05) is 0 Å². The van der Waals surface area contributed by atoms with Gasteiger partial charge in [0.05, 0.1) is 0 Å². The average molecular weight is 286 g/mol. The predicted octanol–water partition coefficient (Wildman–Crippen LogP) is -2.30. The second-order valence-electron chi connectivity index (χ2n) is 3.52. The fraction of sp³-hybridized carbons (Fsp3) is 0.250. The first kappa shape index (κ1) is 13.2. The summed E-state index contributed by atoms with van der Waals surface area (Å²) in [5.74, 6) is 0.512. The van der Waals surface area contributed by atoms with Crippen molar-refractivity contribution in [1.82, 2.24) is 29.9 Å². The highest BCUT2D eigenvalue weighted by molar-refractivity contribution is 7.89. The summed E-state index contributed by atoms with van der Waals surface area (Å²) < 4.78 is 25.8. The molecule has 0 bridgehead atoms. The van der Waals surface area contributed by atoms with Crippen LogP contribution in [0, 0.1) is 0 Å². The van der Waals surface area contributed by atoms with Crippen LogP contribution in [-0.4, -0.2) is 40.1 Å². The van der Waals surface area contributed by atoms with Gasteiger partial charge in [-0.25, -0.2) is 22.9 Å². The van der Waals surface area contributed by atoms with Crippen LogP contribution in [0.25, 0.3) is 0 Å². The van der Waals surface area contributed by atoms with Crippen molar-refractivity contribution in [2.45, 2.75) is 11.3 Å². The van der Waals surface area contributed by atoms with Gasteiger partial charge in [0.1, 0.15) is 12.2 Å². The number of nitrogens with zero attached hydrogens (tertiary/aromatic N) is 2. The van der Waals surface area contributed by atoms with Crippen LogP contribution >= 0.6 is 0 Å². The van der Waals surface area contributed by atoms with Crippen molar-refractivity contribution in [3.8, 4) is 0 Å². The van der Waals surface area contributed by atoms with Crippen molar-refractivity contribution < 1.29 is 8.42 Å². The van der Waals surface area contributed by atoms with Crippen LogP contribution in [0.15, 0.2) is 27.0 Å². The molecule has 2 rings (SSSR count). The number of hydrogen-bond acceptors (Lipinski definition) is 6. The van der Waals surface area contributed by atoms with Crippen molar-refractivity contribution in [3.63, 3.8) is 0 Å². The molecule has 0 saturated heterocycles. The molecule has 0 atom stereocenters. The fourth-order valence-corrected chi connectivity index (χ4v) is 2.37. The summed E-state index contributed by atoms with van der Waals surface area (Å²) in [6.07, 6.45) is 2.44. The third-order valence-corrected chi connectivity index (χ3v) is 3.66. The summed E-state index contributed by atoms with van der Waals surface area (Å²) in [5.41, 5.74) is -1.75. The molecule has 11 heteroatoms. The molecule has 10 nitrogen and oxygen atoms in total. The molecular weight excluding hydrogens is 276 g/mol. The molecular formula is C8H10N6O4S. The average Bonchev–Trinajstić information content (AvgIpc) is 2.81. The smallest absolute Gasteiger partial charge is 0.313 e. The van der Waals surface area contributed by atoms with Gasteiger partial charge in [0.15, 0.2) is 4.90 Å². The molecule has 0 amide bonds. The van der Waals surface area contributed by atoms with Crippen LogP contribution in [-0.2, 0) is 16.4 Å². The highest BCUT2D eigenvalue weighted by Crippen LogP contribution is 1.98. The molecule has 4 N–H and O–H groups in total. The molecule has 102 valence electrons. The van der Waals surface area contributed by atoms with Gasteiger partial charge >= 0.3 is 5.69 Å². The molecule has 0 aliphatic heterocycles. The van der Waals surface area contributed by atoms with Crippen LogP contribution in [0.2, 0.25) is 0 Å². The Morgan fingerprint density at radius 1 is 1.32 bits per heavy atom. The Bertz CT molecular complexity index is 759. The molecule has 0 fully saturated rings. The first-order valence-electron chi connectivity index (χ1n) is 5.15. The van der Waals surface area contributed by atoms with Gasteiger partial charge in [-0.05, 0) is 0 Å². The van der Waals surface area contributed by atoms with E-state index in [9.17, 15) is 18.0 Å². The number of aromatic nitrogens is 5. The minimum absolute atomic E-state index is 0.0378. The van der Waals surface area contributed by atoms with Crippen molar-refractivity contribution in [2.24, 2.45) is 0 Å². The molecule has 0 radical (unpaired) electrons. The van der Waals surface area contributed by atoms with Gasteiger partial charge < -0.3 is 4.98 Å². The highest BCUT2D eigenvalue weighted by Gasteiger charge is 2.18. The monoisotopic (exact) mass is 286 g/mol. The lowest BCUT2D eigenvalue weighted by molar-refractivity contribution is 0.578. The van der Waals surface area contributed by atoms with Crippen LogP contribution in [0.4, 0.5) is 0 Å². The minimum atomic E-state index is -3.99. The second kappa shape index (κ2) is 5.16. The van der Waals surface area contributed by atoms with E-state index in [1.165, 1.54) is 6.33 Å². The summed E-state index contributed by atoms with van der Waals surface area (Å²) in [6, 6.07) is 0. The zero-order valence-electron chi connectivity index (χ0n) is 9.50. The Kier molecular flexibility index (Phi) is 3.57. The number of sulfonamides is 1. The first-order chi connectivity index (χ1) is 8.99. The van der Waals surface area contributed by atoms with Gasteiger partial charge in [-0.3, -0.25) is 14.9 Å². The summed E-state index contributed by atoms with van der Waals surface area (Å²) in [7, 11) is -3.99. The zero-order valence-corrected chi connectivity index (χ0v) is 10.3. The van der Waals surface area contributed by atoms with Crippen LogP contribution in [0.3, 0.4) is 0 Å². The maximum absolute atomic E-state index is 11.8. The Morgan fingerprint density at radius 3 is 2.74 bits per heavy atom. The van der Waals surface area contributed by atoms with E-state index in [4.69, 9.17) is 0 Å². The molecule has 2 aromatic heterocycles. The summed E-state index contributed by atoms with van der Waals surface area (Å²) >= 11 is 0. The van der Waals surface area contributed by atoms with E-state index >= 15 is 0 Å². The number of nitrogens with one attached hydrogen (secondary N) is 4. The zero-order chi connectivity index (χ0) is 13.9. The maximum atomic E-state index is 11.8. The second-order valence-corrected chi connectivity index (χ2v) is 5.25. The van der Waals surface area contributed by atoms with Gasteiger partial charge in [-0.2, -0.15) is 5.10 Å². The molecule has 0 spiro atoms.